The first-order valence-electron chi connectivity index (χ1n) is 12.2. The number of anilines is 1. The Balaban J connectivity index is 0.00000361. The standard InChI is InChI=1S/C26H34N6O3.ClH/c1-17(2)35-20-10-8-9-19(15-20)27-26(34)29-25(33)22-16-21-18(3)30-31(4)24(21)28-23(22)11-14-32-12-6-5-7-13-32;/h8-10,15-17H,5-7,11-14H2,1-4H3,(H2,27,29,33,34);1H. The van der Waals surface area contributed by atoms with Gasteiger partial charge >= 0.3 is 6.03 Å². The molecule has 3 heterocycles. The molecule has 194 valence electrons. The van der Waals surface area contributed by atoms with Gasteiger partial charge in [0.15, 0.2) is 5.65 Å². The summed E-state index contributed by atoms with van der Waals surface area (Å²) in [5.74, 6) is 0.161. The smallest absolute Gasteiger partial charge is 0.326 e. The van der Waals surface area contributed by atoms with E-state index in [-0.39, 0.29) is 18.5 Å². The van der Waals surface area contributed by atoms with Crippen molar-refractivity contribution in [1.29, 1.82) is 0 Å². The fourth-order valence-corrected chi connectivity index (χ4v) is 4.47. The number of urea groups is 1. The Kier molecular flexibility index (Phi) is 9.28. The predicted octanol–water partition coefficient (Wildman–Crippen LogP) is 4.48. The first-order chi connectivity index (χ1) is 16.8. The number of carbonyl (C=O) groups excluding carboxylic acids is 2. The lowest BCUT2D eigenvalue weighted by Gasteiger charge is -2.26. The van der Waals surface area contributed by atoms with Crippen molar-refractivity contribution in [2.24, 2.45) is 7.05 Å². The fraction of sp³-hybridized carbons (Fsp3) is 0.462. The van der Waals surface area contributed by atoms with E-state index >= 15 is 0 Å². The number of ether oxygens (including phenoxy) is 1. The van der Waals surface area contributed by atoms with E-state index in [0.717, 1.165) is 36.4 Å². The van der Waals surface area contributed by atoms with Crippen LogP contribution in [0.2, 0.25) is 0 Å². The lowest BCUT2D eigenvalue weighted by molar-refractivity contribution is 0.0965. The molecular formula is C26H35ClN6O3. The van der Waals surface area contributed by atoms with Crippen LogP contribution in [-0.2, 0) is 13.5 Å². The van der Waals surface area contributed by atoms with Crippen molar-refractivity contribution in [3.63, 3.8) is 0 Å². The molecule has 1 aromatic carbocycles. The molecular weight excluding hydrogens is 480 g/mol. The molecule has 36 heavy (non-hydrogen) atoms. The zero-order valence-corrected chi connectivity index (χ0v) is 22.2. The number of halogens is 1. The number of likely N-dealkylation sites (tertiary alicyclic amines) is 1. The van der Waals surface area contributed by atoms with Crippen LogP contribution in [-0.4, -0.2) is 57.3 Å². The van der Waals surface area contributed by atoms with Gasteiger partial charge in [-0.1, -0.05) is 12.5 Å². The molecule has 0 radical (unpaired) electrons. The molecule has 0 aliphatic carbocycles. The minimum absolute atomic E-state index is 0. The van der Waals surface area contributed by atoms with Gasteiger partial charge in [-0.05, 0) is 64.9 Å². The zero-order chi connectivity index (χ0) is 24.9. The normalized spacial score (nSPS) is 13.9. The number of amides is 3. The van der Waals surface area contributed by atoms with Gasteiger partial charge in [-0.25, -0.2) is 9.78 Å². The third-order valence-corrected chi connectivity index (χ3v) is 6.13. The third-order valence-electron chi connectivity index (χ3n) is 6.13. The second-order valence-electron chi connectivity index (χ2n) is 9.32. The Morgan fingerprint density at radius 2 is 1.89 bits per heavy atom. The Morgan fingerprint density at radius 1 is 1.14 bits per heavy atom. The highest BCUT2D eigenvalue weighted by atomic mass is 35.5. The second-order valence-corrected chi connectivity index (χ2v) is 9.32. The van der Waals surface area contributed by atoms with Gasteiger partial charge in [0.1, 0.15) is 5.75 Å². The summed E-state index contributed by atoms with van der Waals surface area (Å²) in [4.78, 5) is 33.1. The Bertz CT molecular complexity index is 1220. The number of carbonyl (C=O) groups is 2. The third kappa shape index (κ3) is 6.73. The predicted molar refractivity (Wildman–Crippen MR) is 143 cm³/mol. The van der Waals surface area contributed by atoms with Crippen molar-refractivity contribution >= 4 is 41.1 Å². The number of nitrogens with zero attached hydrogens (tertiary/aromatic N) is 4. The van der Waals surface area contributed by atoms with Crippen molar-refractivity contribution in [2.75, 3.05) is 25.0 Å². The zero-order valence-electron chi connectivity index (χ0n) is 21.3. The van der Waals surface area contributed by atoms with Crippen molar-refractivity contribution < 1.29 is 14.3 Å². The summed E-state index contributed by atoms with van der Waals surface area (Å²) < 4.78 is 7.41. The number of fused-ring (bicyclic) bond motifs is 1. The van der Waals surface area contributed by atoms with Gasteiger partial charge in [-0.15, -0.1) is 12.4 Å². The van der Waals surface area contributed by atoms with Gasteiger partial charge in [0.2, 0.25) is 0 Å². The van der Waals surface area contributed by atoms with Gasteiger partial charge < -0.3 is 15.0 Å². The molecule has 0 bridgehead atoms. The van der Waals surface area contributed by atoms with Crippen LogP contribution in [0.5, 0.6) is 5.75 Å². The SMILES string of the molecule is Cc1nn(C)c2nc(CCN3CCCCC3)c(C(=O)NC(=O)Nc3cccc(OC(C)C)c3)cc12.Cl. The van der Waals surface area contributed by atoms with Crippen LogP contribution in [0.4, 0.5) is 10.5 Å². The number of piperidine rings is 1. The van der Waals surface area contributed by atoms with E-state index in [1.54, 1.807) is 28.9 Å². The molecule has 3 amide bonds. The summed E-state index contributed by atoms with van der Waals surface area (Å²) in [6.07, 6.45) is 4.31. The molecule has 1 saturated heterocycles. The van der Waals surface area contributed by atoms with E-state index < -0.39 is 11.9 Å². The Hall–Kier alpha value is -3.17. The maximum atomic E-state index is 13.2. The van der Waals surface area contributed by atoms with Gasteiger partial charge in [-0.3, -0.25) is 14.8 Å². The molecule has 0 atom stereocenters. The van der Waals surface area contributed by atoms with E-state index in [0.29, 0.717) is 29.1 Å². The molecule has 9 nitrogen and oxygen atoms in total. The summed E-state index contributed by atoms with van der Waals surface area (Å²) in [7, 11) is 1.85. The lowest BCUT2D eigenvalue weighted by Crippen LogP contribution is -2.36. The highest BCUT2D eigenvalue weighted by Crippen LogP contribution is 2.22. The number of aryl methyl sites for hydroxylation is 2. The van der Waals surface area contributed by atoms with E-state index in [1.807, 2.05) is 33.9 Å². The van der Waals surface area contributed by atoms with Crippen LogP contribution in [0, 0.1) is 6.92 Å². The van der Waals surface area contributed by atoms with Crippen LogP contribution < -0.4 is 15.4 Å². The highest BCUT2D eigenvalue weighted by Gasteiger charge is 2.21. The first kappa shape index (κ1) is 27.4. The van der Waals surface area contributed by atoms with Crippen molar-refractivity contribution in [3.8, 4) is 5.75 Å². The quantitative estimate of drug-likeness (QED) is 0.482. The molecule has 10 heteroatoms. The summed E-state index contributed by atoms with van der Waals surface area (Å²) in [5.41, 5.74) is 3.13. The number of hydrogen-bond acceptors (Lipinski definition) is 6. The molecule has 1 aliphatic heterocycles. The van der Waals surface area contributed by atoms with Gasteiger partial charge in [-0.2, -0.15) is 5.10 Å². The van der Waals surface area contributed by atoms with Crippen LogP contribution in [0.25, 0.3) is 11.0 Å². The molecule has 0 spiro atoms. The lowest BCUT2D eigenvalue weighted by atomic mass is 10.1. The number of pyridine rings is 1. The van der Waals surface area contributed by atoms with E-state index in [1.165, 1.54) is 19.3 Å². The van der Waals surface area contributed by atoms with Gasteiger partial charge in [0.05, 0.1) is 23.1 Å². The minimum atomic E-state index is -0.610. The molecule has 2 aromatic heterocycles. The van der Waals surface area contributed by atoms with Crippen LogP contribution in [0.15, 0.2) is 30.3 Å². The molecule has 1 aliphatic rings. The number of hydrogen-bond donors (Lipinski definition) is 2. The molecule has 0 unspecified atom stereocenters. The molecule has 2 N–H and O–H groups in total. The number of aromatic nitrogens is 3. The summed E-state index contributed by atoms with van der Waals surface area (Å²) in [6, 6.07) is 8.27. The van der Waals surface area contributed by atoms with Crippen molar-refractivity contribution in [3.05, 3.63) is 47.3 Å². The maximum Gasteiger partial charge on any atom is 0.326 e. The van der Waals surface area contributed by atoms with Gasteiger partial charge in [0, 0.05) is 37.2 Å². The minimum Gasteiger partial charge on any atom is -0.491 e. The van der Waals surface area contributed by atoms with E-state index in [2.05, 4.69) is 20.6 Å². The Morgan fingerprint density at radius 3 is 2.61 bits per heavy atom. The molecule has 0 saturated carbocycles. The van der Waals surface area contributed by atoms with E-state index in [9.17, 15) is 9.59 Å². The molecule has 1 fully saturated rings. The van der Waals surface area contributed by atoms with E-state index in [4.69, 9.17) is 9.72 Å². The number of rotatable bonds is 7. The van der Waals surface area contributed by atoms with Crippen LogP contribution >= 0.6 is 12.4 Å². The fourth-order valence-electron chi connectivity index (χ4n) is 4.47. The van der Waals surface area contributed by atoms with Crippen LogP contribution in [0.3, 0.4) is 0 Å². The second kappa shape index (κ2) is 12.2. The number of imide groups is 1. The average Bonchev–Trinajstić information content (AvgIpc) is 3.10. The van der Waals surface area contributed by atoms with Crippen LogP contribution in [0.1, 0.15) is 54.9 Å². The van der Waals surface area contributed by atoms with Crippen molar-refractivity contribution in [1.82, 2.24) is 25.0 Å². The average molecular weight is 515 g/mol. The summed E-state index contributed by atoms with van der Waals surface area (Å²) in [5, 5.41) is 10.4. The highest BCUT2D eigenvalue weighted by molar-refractivity contribution is 6.09. The number of benzene rings is 1. The number of nitrogens with one attached hydrogen (secondary N) is 2. The maximum absolute atomic E-state index is 13.2. The monoisotopic (exact) mass is 514 g/mol. The molecule has 4 rings (SSSR count). The Labute approximate surface area is 218 Å². The summed E-state index contributed by atoms with van der Waals surface area (Å²) >= 11 is 0. The largest absolute Gasteiger partial charge is 0.491 e. The topological polar surface area (TPSA) is 101 Å². The van der Waals surface area contributed by atoms with Crippen molar-refractivity contribution in [2.45, 2.75) is 52.6 Å². The molecule has 3 aromatic rings. The summed E-state index contributed by atoms with van der Waals surface area (Å²) in [6.45, 7) is 8.71. The first-order valence-corrected chi connectivity index (χ1v) is 12.2. The van der Waals surface area contributed by atoms with Gasteiger partial charge in [0.25, 0.3) is 5.91 Å².